The minimum absolute atomic E-state index is 0.312. The smallest absolute Gasteiger partial charge is 0.223 e. The van der Waals surface area contributed by atoms with Crippen molar-refractivity contribution in [3.63, 3.8) is 0 Å². The number of halogens is 1. The van der Waals surface area contributed by atoms with Crippen LogP contribution in [0.2, 0.25) is 0 Å². The van der Waals surface area contributed by atoms with Gasteiger partial charge >= 0.3 is 0 Å². The molecule has 0 spiro atoms. The summed E-state index contributed by atoms with van der Waals surface area (Å²) < 4.78 is 0. The van der Waals surface area contributed by atoms with Gasteiger partial charge in [-0.25, -0.2) is 0 Å². The van der Waals surface area contributed by atoms with Crippen molar-refractivity contribution in [3.8, 4) is 0 Å². The molecule has 2 saturated heterocycles. The van der Waals surface area contributed by atoms with Gasteiger partial charge in [-0.05, 0) is 43.1 Å². The Labute approximate surface area is 107 Å². The van der Waals surface area contributed by atoms with Gasteiger partial charge in [-0.3, -0.25) is 4.79 Å². The van der Waals surface area contributed by atoms with E-state index in [0.29, 0.717) is 23.7 Å². The van der Waals surface area contributed by atoms with Crippen LogP contribution in [0.3, 0.4) is 0 Å². The van der Waals surface area contributed by atoms with E-state index >= 15 is 0 Å². The van der Waals surface area contributed by atoms with Crippen molar-refractivity contribution < 1.29 is 4.79 Å². The first-order valence-electron chi connectivity index (χ1n) is 6.24. The van der Waals surface area contributed by atoms with Crippen molar-refractivity contribution in [1.29, 1.82) is 0 Å². The number of amides is 1. The van der Waals surface area contributed by atoms with E-state index in [4.69, 9.17) is 11.6 Å². The van der Waals surface area contributed by atoms with E-state index in [1.165, 1.54) is 24.3 Å². The molecule has 2 aliphatic rings. The minimum Gasteiger partial charge on any atom is -0.339 e. The quantitative estimate of drug-likeness (QED) is 0.728. The van der Waals surface area contributed by atoms with Crippen LogP contribution in [-0.2, 0) is 4.79 Å². The Morgan fingerprint density at radius 3 is 2.75 bits per heavy atom. The van der Waals surface area contributed by atoms with E-state index < -0.39 is 0 Å². The molecule has 2 fully saturated rings. The summed E-state index contributed by atoms with van der Waals surface area (Å²) in [5, 5.41) is 0. The third-order valence-corrected chi connectivity index (χ3v) is 5.08. The van der Waals surface area contributed by atoms with Gasteiger partial charge in [0.1, 0.15) is 0 Å². The molecular formula is C12H20ClNOS. The lowest BCUT2D eigenvalue weighted by atomic mass is 9.98. The molecule has 1 amide bonds. The molecule has 16 heavy (non-hydrogen) atoms. The third kappa shape index (κ3) is 3.07. The number of nitrogens with zero attached hydrogens (tertiary/aromatic N) is 1. The second kappa shape index (κ2) is 6.15. The molecule has 0 aromatic rings. The topological polar surface area (TPSA) is 20.3 Å². The molecule has 0 radical (unpaired) electrons. The van der Waals surface area contributed by atoms with Crippen molar-refractivity contribution in [2.75, 3.05) is 23.9 Å². The normalized spacial score (nSPS) is 27.3. The lowest BCUT2D eigenvalue weighted by Gasteiger charge is -2.27. The molecule has 4 heteroatoms. The highest BCUT2D eigenvalue weighted by molar-refractivity contribution is 7.99. The molecule has 0 aliphatic carbocycles. The largest absolute Gasteiger partial charge is 0.339 e. The number of alkyl halides is 1. The minimum atomic E-state index is 0.312. The maximum Gasteiger partial charge on any atom is 0.223 e. The van der Waals surface area contributed by atoms with Gasteiger partial charge in [-0.1, -0.05) is 0 Å². The summed E-state index contributed by atoms with van der Waals surface area (Å²) in [7, 11) is 0. The van der Waals surface area contributed by atoms with Gasteiger partial charge in [0.15, 0.2) is 0 Å². The number of carbonyl (C=O) groups is 1. The molecule has 2 aliphatic heterocycles. The second-order valence-electron chi connectivity index (χ2n) is 4.80. The molecule has 92 valence electrons. The predicted molar refractivity (Wildman–Crippen MR) is 70.1 cm³/mol. The van der Waals surface area contributed by atoms with E-state index in [2.05, 4.69) is 0 Å². The number of thioether (sulfide) groups is 1. The fourth-order valence-electron chi connectivity index (χ4n) is 2.64. The van der Waals surface area contributed by atoms with Gasteiger partial charge in [0, 0.05) is 24.9 Å². The molecule has 1 unspecified atom stereocenters. The van der Waals surface area contributed by atoms with Crippen LogP contribution in [-0.4, -0.2) is 40.8 Å². The fraction of sp³-hybridized carbons (Fsp3) is 0.917. The van der Waals surface area contributed by atoms with Gasteiger partial charge in [0.2, 0.25) is 5.91 Å². The summed E-state index contributed by atoms with van der Waals surface area (Å²) in [6.45, 7) is 0.928. The summed E-state index contributed by atoms with van der Waals surface area (Å²) in [5.41, 5.74) is 0. The van der Waals surface area contributed by atoms with Crippen LogP contribution in [0, 0.1) is 5.92 Å². The van der Waals surface area contributed by atoms with Crippen LogP contribution in [0.25, 0.3) is 0 Å². The van der Waals surface area contributed by atoms with Crippen LogP contribution in [0.4, 0.5) is 0 Å². The van der Waals surface area contributed by atoms with Gasteiger partial charge in [0.05, 0.1) is 0 Å². The van der Waals surface area contributed by atoms with Crippen molar-refractivity contribution in [1.82, 2.24) is 4.90 Å². The number of hydrogen-bond donors (Lipinski definition) is 0. The number of hydrogen-bond acceptors (Lipinski definition) is 2. The Balaban J connectivity index is 1.82. The zero-order valence-corrected chi connectivity index (χ0v) is 11.2. The Hall–Kier alpha value is 0.110. The first-order chi connectivity index (χ1) is 7.81. The first-order valence-corrected chi connectivity index (χ1v) is 7.93. The lowest BCUT2D eigenvalue weighted by Crippen LogP contribution is -2.37. The summed E-state index contributed by atoms with van der Waals surface area (Å²) in [5.74, 6) is 4.05. The molecule has 1 atom stereocenters. The number of carbonyl (C=O) groups excluding carboxylic acids is 1. The van der Waals surface area contributed by atoms with Crippen molar-refractivity contribution in [2.45, 2.75) is 38.1 Å². The molecule has 0 aromatic heterocycles. The Bertz CT molecular complexity index is 243. The molecule has 0 saturated carbocycles. The summed E-state index contributed by atoms with van der Waals surface area (Å²) >= 11 is 7.91. The Kier molecular flexibility index (Phi) is 4.83. The summed E-state index contributed by atoms with van der Waals surface area (Å²) in [6, 6.07) is 0.312. The monoisotopic (exact) mass is 261 g/mol. The predicted octanol–water partition coefficient (Wildman–Crippen LogP) is 2.75. The highest BCUT2D eigenvalue weighted by atomic mass is 35.5. The third-order valence-electron chi connectivity index (χ3n) is 3.68. The van der Waals surface area contributed by atoms with Crippen LogP contribution >= 0.6 is 23.4 Å². The number of likely N-dealkylation sites (tertiary alicyclic amines) is 1. The molecule has 2 nitrogen and oxygen atoms in total. The lowest BCUT2D eigenvalue weighted by molar-refractivity contribution is -0.132. The van der Waals surface area contributed by atoms with E-state index in [1.54, 1.807) is 0 Å². The standard InChI is InChI=1S/C12H20ClNOS/c13-9-11-2-1-5-14(11)12(15)8-10-3-6-16-7-4-10/h10-11H,1-9H2. The molecule has 2 rings (SSSR count). The molecule has 0 N–H and O–H groups in total. The van der Waals surface area contributed by atoms with Gasteiger partial charge in [-0.15, -0.1) is 11.6 Å². The van der Waals surface area contributed by atoms with Gasteiger partial charge in [-0.2, -0.15) is 11.8 Å². The molecule has 2 heterocycles. The van der Waals surface area contributed by atoms with E-state index in [9.17, 15) is 4.79 Å². The Morgan fingerprint density at radius 1 is 1.31 bits per heavy atom. The zero-order valence-electron chi connectivity index (χ0n) is 9.66. The molecule has 0 aromatic carbocycles. The van der Waals surface area contributed by atoms with Crippen LogP contribution in [0.5, 0.6) is 0 Å². The van der Waals surface area contributed by atoms with Crippen LogP contribution < -0.4 is 0 Å². The van der Waals surface area contributed by atoms with Gasteiger partial charge < -0.3 is 4.90 Å². The van der Waals surface area contributed by atoms with E-state index in [1.807, 2.05) is 16.7 Å². The average Bonchev–Trinajstić information content (AvgIpc) is 2.78. The highest BCUT2D eigenvalue weighted by Crippen LogP contribution is 2.27. The van der Waals surface area contributed by atoms with Crippen LogP contribution in [0.15, 0.2) is 0 Å². The van der Waals surface area contributed by atoms with Crippen molar-refractivity contribution in [2.24, 2.45) is 5.92 Å². The maximum atomic E-state index is 12.1. The Morgan fingerprint density at radius 2 is 2.06 bits per heavy atom. The molecule has 0 bridgehead atoms. The van der Waals surface area contributed by atoms with Crippen molar-refractivity contribution in [3.05, 3.63) is 0 Å². The molecular weight excluding hydrogens is 242 g/mol. The first kappa shape index (κ1) is 12.6. The SMILES string of the molecule is O=C(CC1CCSCC1)N1CCCC1CCl. The number of rotatable bonds is 3. The van der Waals surface area contributed by atoms with Crippen molar-refractivity contribution >= 4 is 29.3 Å². The second-order valence-corrected chi connectivity index (χ2v) is 6.33. The van der Waals surface area contributed by atoms with Gasteiger partial charge in [0.25, 0.3) is 0 Å². The zero-order chi connectivity index (χ0) is 11.4. The summed E-state index contributed by atoms with van der Waals surface area (Å²) in [4.78, 5) is 14.2. The average molecular weight is 262 g/mol. The highest BCUT2D eigenvalue weighted by Gasteiger charge is 2.29. The van der Waals surface area contributed by atoms with Crippen LogP contribution in [0.1, 0.15) is 32.1 Å². The van der Waals surface area contributed by atoms with E-state index in [0.717, 1.165) is 25.8 Å². The maximum absolute atomic E-state index is 12.1. The summed E-state index contributed by atoms with van der Waals surface area (Å²) in [6.07, 6.45) is 5.42. The fourth-order valence-corrected chi connectivity index (χ4v) is 4.16. The van der Waals surface area contributed by atoms with E-state index in [-0.39, 0.29) is 0 Å².